The number of nitrogens with zero attached hydrogens (tertiary/aromatic N) is 4. The van der Waals surface area contributed by atoms with Crippen molar-refractivity contribution in [2.75, 3.05) is 39.8 Å². The molecule has 2 unspecified atom stereocenters. The van der Waals surface area contributed by atoms with E-state index in [1.807, 2.05) is 76.2 Å². The van der Waals surface area contributed by atoms with E-state index in [2.05, 4.69) is 30.6 Å². The Morgan fingerprint density at radius 2 is 0.967 bits per heavy atom. The number of imidazole rings is 2. The first-order valence-electron chi connectivity index (χ1n) is 19.8. The molecule has 2 aromatic heterocycles. The molecule has 16 nitrogen and oxygen atoms in total. The molecule has 8 atom stereocenters. The number of amides is 4. The molecule has 2 fully saturated rings. The van der Waals surface area contributed by atoms with E-state index in [0.717, 1.165) is 33.6 Å². The number of nitrogens with one attached hydrogen (secondary N) is 4. The van der Waals surface area contributed by atoms with E-state index in [4.69, 9.17) is 9.47 Å². The highest BCUT2D eigenvalue weighted by Crippen LogP contribution is 2.37. The zero-order chi connectivity index (χ0) is 43.4. The highest BCUT2D eigenvalue weighted by molar-refractivity contribution is 7.85. The summed E-state index contributed by atoms with van der Waals surface area (Å²) in [5.74, 6) is 0.186. The van der Waals surface area contributed by atoms with Gasteiger partial charge in [0.1, 0.15) is 23.7 Å². The minimum absolute atomic E-state index is 0.207. The number of carbonyl (C=O) groups is 4. The molecule has 0 radical (unpaired) electrons. The van der Waals surface area contributed by atoms with Gasteiger partial charge in [-0.2, -0.15) is 0 Å². The van der Waals surface area contributed by atoms with Gasteiger partial charge in [0.25, 0.3) is 0 Å². The SMILES string of the molecule is COC(=O)N[C@H](C(=O)N1C[C@@H](S(C)=O)C[C@H]1c1ncc(-c2ccc(-c3ccc(-c4cnc([C@@H]5C[C@H](S(C)=O)CN5C(=O)[C@@H](NC(=O)OC)C(C)C)[nH]4)cc3)cc2)[nH]1)C(C)C. The summed E-state index contributed by atoms with van der Waals surface area (Å²) in [5.41, 5.74) is 5.31. The molecule has 60 heavy (non-hydrogen) atoms. The van der Waals surface area contributed by atoms with Crippen molar-refractivity contribution in [1.29, 1.82) is 0 Å². The van der Waals surface area contributed by atoms with Gasteiger partial charge in [-0.1, -0.05) is 76.2 Å². The number of carbonyl (C=O) groups excluding carboxylic acids is 4. The van der Waals surface area contributed by atoms with E-state index in [0.29, 0.717) is 24.5 Å². The van der Waals surface area contributed by atoms with Gasteiger partial charge in [-0.15, -0.1) is 0 Å². The normalized spacial score (nSPS) is 21.1. The third-order valence-electron chi connectivity index (χ3n) is 11.4. The zero-order valence-electron chi connectivity index (χ0n) is 35.1. The van der Waals surface area contributed by atoms with Crippen molar-refractivity contribution < 1.29 is 37.1 Å². The molecule has 0 spiro atoms. The summed E-state index contributed by atoms with van der Waals surface area (Å²) in [6, 6.07) is 13.5. The van der Waals surface area contributed by atoms with Gasteiger partial charge in [-0.25, -0.2) is 19.6 Å². The Balaban J connectivity index is 1.16. The Bertz CT molecular complexity index is 2070. The lowest BCUT2D eigenvalue weighted by Crippen LogP contribution is -2.51. The minimum Gasteiger partial charge on any atom is -0.453 e. The number of benzene rings is 2. The minimum atomic E-state index is -1.17. The number of methoxy groups -OCH3 is 2. The Morgan fingerprint density at radius 1 is 0.633 bits per heavy atom. The standard InChI is InChI=1S/C42H54N8O8S2/c1-23(2)35(47-41(53)57-5)39(51)49-21-29(59(7)55)17-33(49)37-43-19-31(45-37)27-13-9-25(10-14-27)26-11-15-28(16-12-26)32-20-44-38(46-32)34-18-30(60(8)56)22-50(34)40(52)36(24(3)4)48-42(54)58-6/h9-16,19-20,23-24,29-30,33-36H,17-18,21-22H2,1-8H3,(H,43,45)(H,44,46)(H,47,53)(H,48,54)/t29-,30-,33-,34-,35-,36-,59?,60?/m0/s1. The fourth-order valence-corrected chi connectivity index (χ4v) is 9.48. The lowest BCUT2D eigenvalue weighted by molar-refractivity contribution is -0.136. The smallest absolute Gasteiger partial charge is 0.407 e. The number of alkyl carbamates (subject to hydrolysis) is 2. The molecule has 4 N–H and O–H groups in total. The highest BCUT2D eigenvalue weighted by Gasteiger charge is 2.44. The molecule has 4 heterocycles. The maximum Gasteiger partial charge on any atom is 0.407 e. The maximum atomic E-state index is 13.8. The van der Waals surface area contributed by atoms with Gasteiger partial charge in [0.05, 0.1) is 60.6 Å². The van der Waals surface area contributed by atoms with E-state index in [-0.39, 0.29) is 47.2 Å². The van der Waals surface area contributed by atoms with E-state index in [1.165, 1.54) is 14.2 Å². The van der Waals surface area contributed by atoms with E-state index < -0.39 is 58.0 Å². The molecule has 322 valence electrons. The maximum absolute atomic E-state index is 13.8. The van der Waals surface area contributed by atoms with Gasteiger partial charge in [-0.3, -0.25) is 18.0 Å². The largest absolute Gasteiger partial charge is 0.453 e. The molecular formula is C42H54N8O8S2. The van der Waals surface area contributed by atoms with Crippen LogP contribution in [0.3, 0.4) is 0 Å². The average molecular weight is 863 g/mol. The number of likely N-dealkylation sites (tertiary alicyclic amines) is 2. The van der Waals surface area contributed by atoms with Crippen molar-refractivity contribution in [3.05, 3.63) is 72.6 Å². The first-order valence-corrected chi connectivity index (χ1v) is 23.1. The monoisotopic (exact) mass is 862 g/mol. The van der Waals surface area contributed by atoms with Crippen LogP contribution in [0.25, 0.3) is 33.6 Å². The number of H-pyrrole nitrogens is 2. The van der Waals surface area contributed by atoms with Gasteiger partial charge in [0.15, 0.2) is 0 Å². The zero-order valence-corrected chi connectivity index (χ0v) is 36.7. The molecule has 0 saturated carbocycles. The fraction of sp³-hybridized carbons (Fsp3) is 0.476. The number of hydrogen-bond acceptors (Lipinski definition) is 10. The lowest BCUT2D eigenvalue weighted by Gasteiger charge is -2.30. The second-order valence-corrected chi connectivity index (χ2v) is 19.3. The number of rotatable bonds is 13. The molecule has 2 aliphatic heterocycles. The molecule has 6 rings (SSSR count). The summed E-state index contributed by atoms with van der Waals surface area (Å²) in [7, 11) is 0.162. The van der Waals surface area contributed by atoms with Gasteiger partial charge in [-0.05, 0) is 46.9 Å². The molecule has 0 aliphatic carbocycles. The number of aromatic amines is 2. The summed E-state index contributed by atoms with van der Waals surface area (Å²) >= 11 is 0. The topological polar surface area (TPSA) is 209 Å². The first kappa shape index (κ1) is 44.2. The van der Waals surface area contributed by atoms with Crippen LogP contribution in [0.1, 0.15) is 64.3 Å². The number of ether oxygens (including phenoxy) is 2. The first-order chi connectivity index (χ1) is 28.6. The Labute approximate surface area is 354 Å². The van der Waals surface area contributed by atoms with E-state index in [9.17, 15) is 27.6 Å². The van der Waals surface area contributed by atoms with Crippen LogP contribution < -0.4 is 10.6 Å². The van der Waals surface area contributed by atoms with Crippen LogP contribution in [0.5, 0.6) is 0 Å². The van der Waals surface area contributed by atoms with Crippen LogP contribution in [0, 0.1) is 11.8 Å². The van der Waals surface area contributed by atoms with Crippen molar-refractivity contribution in [1.82, 2.24) is 40.4 Å². The van der Waals surface area contributed by atoms with Crippen LogP contribution in [-0.4, -0.2) is 125 Å². The second kappa shape index (κ2) is 18.9. The van der Waals surface area contributed by atoms with Crippen LogP contribution in [-0.2, 0) is 40.7 Å². The van der Waals surface area contributed by atoms with Gasteiger partial charge in [0, 0.05) is 47.2 Å². The van der Waals surface area contributed by atoms with Crippen molar-refractivity contribution in [3.8, 4) is 33.6 Å². The Morgan fingerprint density at radius 3 is 1.27 bits per heavy atom. The fourth-order valence-electron chi connectivity index (χ4n) is 7.83. The lowest BCUT2D eigenvalue weighted by atomic mass is 10.0. The third-order valence-corrected chi connectivity index (χ3v) is 13.9. The summed E-state index contributed by atoms with van der Waals surface area (Å²) in [5, 5.41) is 4.83. The van der Waals surface area contributed by atoms with Crippen molar-refractivity contribution in [2.24, 2.45) is 11.8 Å². The van der Waals surface area contributed by atoms with Crippen molar-refractivity contribution >= 4 is 45.6 Å². The Hall–Kier alpha value is -5.36. The quantitative estimate of drug-likeness (QED) is 0.142. The van der Waals surface area contributed by atoms with Crippen LogP contribution in [0.2, 0.25) is 0 Å². The molecule has 4 amide bonds. The van der Waals surface area contributed by atoms with Gasteiger partial charge >= 0.3 is 12.2 Å². The van der Waals surface area contributed by atoms with Crippen LogP contribution >= 0.6 is 0 Å². The summed E-state index contributed by atoms with van der Waals surface area (Å²) in [6.07, 6.45) is 6.28. The molecule has 18 heteroatoms. The van der Waals surface area contributed by atoms with Crippen molar-refractivity contribution in [2.45, 2.75) is 75.2 Å². The van der Waals surface area contributed by atoms with Gasteiger partial charge < -0.3 is 39.9 Å². The molecule has 2 aliphatic rings. The van der Waals surface area contributed by atoms with E-state index in [1.54, 1.807) is 34.7 Å². The summed E-state index contributed by atoms with van der Waals surface area (Å²) in [4.78, 5) is 71.2. The second-order valence-electron chi connectivity index (χ2n) is 16.0. The van der Waals surface area contributed by atoms with E-state index >= 15 is 0 Å². The number of aromatic nitrogens is 4. The van der Waals surface area contributed by atoms with Gasteiger partial charge in [0.2, 0.25) is 11.8 Å². The predicted molar refractivity (Wildman–Crippen MR) is 229 cm³/mol. The molecule has 0 bridgehead atoms. The third kappa shape index (κ3) is 9.65. The van der Waals surface area contributed by atoms with Crippen LogP contribution in [0.4, 0.5) is 9.59 Å². The van der Waals surface area contributed by atoms with Crippen molar-refractivity contribution in [3.63, 3.8) is 0 Å². The summed E-state index contributed by atoms with van der Waals surface area (Å²) < 4.78 is 34.7. The molecule has 4 aromatic rings. The Kier molecular flexibility index (Phi) is 13.9. The molecular weight excluding hydrogens is 809 g/mol. The molecule has 2 aromatic carbocycles. The molecule has 2 saturated heterocycles. The predicted octanol–water partition coefficient (Wildman–Crippen LogP) is 4.94. The average Bonchev–Trinajstić information content (AvgIpc) is 4.07. The summed E-state index contributed by atoms with van der Waals surface area (Å²) in [6.45, 7) is 7.95. The van der Waals surface area contributed by atoms with Crippen LogP contribution in [0.15, 0.2) is 60.9 Å². The number of hydrogen-bond donors (Lipinski definition) is 4. The highest BCUT2D eigenvalue weighted by atomic mass is 32.2.